The highest BCUT2D eigenvalue weighted by Crippen LogP contribution is 2.49. The zero-order valence-corrected chi connectivity index (χ0v) is 26.5. The van der Waals surface area contributed by atoms with Gasteiger partial charge in [-0.2, -0.15) is 0 Å². The number of benzene rings is 3. The van der Waals surface area contributed by atoms with E-state index in [-0.39, 0.29) is 12.1 Å². The number of ether oxygens (including phenoxy) is 5. The lowest BCUT2D eigenvalue weighted by molar-refractivity contribution is 0.0323. The fourth-order valence-electron chi connectivity index (χ4n) is 7.69. The third-order valence-electron chi connectivity index (χ3n) is 10.0. The van der Waals surface area contributed by atoms with Crippen molar-refractivity contribution in [2.24, 2.45) is 11.8 Å². The van der Waals surface area contributed by atoms with Crippen molar-refractivity contribution in [3.63, 3.8) is 0 Å². The number of para-hydroxylation sites is 1. The van der Waals surface area contributed by atoms with E-state index in [2.05, 4.69) is 36.1 Å². The molecule has 0 bridgehead atoms. The molecule has 0 spiro atoms. The van der Waals surface area contributed by atoms with E-state index in [9.17, 15) is 4.79 Å². The van der Waals surface area contributed by atoms with Crippen LogP contribution in [0.4, 0.5) is 4.79 Å². The van der Waals surface area contributed by atoms with Gasteiger partial charge in [0, 0.05) is 25.7 Å². The van der Waals surface area contributed by atoms with E-state index < -0.39 is 0 Å². The number of piperidine rings is 1. The van der Waals surface area contributed by atoms with Crippen LogP contribution in [0.1, 0.15) is 60.5 Å². The van der Waals surface area contributed by atoms with Gasteiger partial charge in [-0.1, -0.05) is 31.5 Å². The molecule has 3 unspecified atom stereocenters. The van der Waals surface area contributed by atoms with Gasteiger partial charge in [0.05, 0.1) is 34.5 Å². The summed E-state index contributed by atoms with van der Waals surface area (Å²) in [7, 11) is 6.73. The predicted octanol–water partition coefficient (Wildman–Crippen LogP) is 6.85. The SMILES string of the molecule is CCC1CN2CCc3cc(OC)c(OC)cc3C2CC1C[C@H]1c2cc(OC)c(OC)cc2CCN1C(=O)Oc1ccccc1. The summed E-state index contributed by atoms with van der Waals surface area (Å²) in [5.74, 6) is 4.43. The van der Waals surface area contributed by atoms with Gasteiger partial charge in [0.1, 0.15) is 5.75 Å². The number of nitrogens with zero attached hydrogens (tertiary/aromatic N) is 2. The number of carbonyl (C=O) groups is 1. The Bertz CT molecular complexity index is 1480. The molecule has 1 amide bonds. The minimum absolute atomic E-state index is 0.145. The molecule has 6 rings (SSSR count). The van der Waals surface area contributed by atoms with Gasteiger partial charge in [-0.3, -0.25) is 4.90 Å². The Morgan fingerprint density at radius 3 is 2.00 bits per heavy atom. The van der Waals surface area contributed by atoms with E-state index in [0.29, 0.717) is 41.7 Å². The summed E-state index contributed by atoms with van der Waals surface area (Å²) in [5, 5.41) is 0. The first kappa shape index (κ1) is 30.1. The van der Waals surface area contributed by atoms with Crippen molar-refractivity contribution in [3.8, 4) is 28.7 Å². The average Bonchev–Trinajstić information content (AvgIpc) is 3.06. The molecule has 3 aliphatic rings. The Labute approximate surface area is 260 Å². The molecule has 3 aromatic rings. The molecule has 0 aliphatic carbocycles. The summed E-state index contributed by atoms with van der Waals surface area (Å²) in [6.07, 6.45) is 4.37. The molecule has 3 heterocycles. The Balaban J connectivity index is 1.35. The van der Waals surface area contributed by atoms with Crippen LogP contribution in [0.15, 0.2) is 54.6 Å². The molecule has 0 saturated carbocycles. The highest BCUT2D eigenvalue weighted by molar-refractivity contribution is 5.72. The van der Waals surface area contributed by atoms with E-state index in [4.69, 9.17) is 23.7 Å². The summed E-state index contributed by atoms with van der Waals surface area (Å²) in [6.45, 7) is 4.96. The van der Waals surface area contributed by atoms with Gasteiger partial charge in [-0.05, 0) is 96.2 Å². The normalized spacial score (nSPS) is 22.7. The molecule has 8 nitrogen and oxygen atoms in total. The second-order valence-corrected chi connectivity index (χ2v) is 12.1. The van der Waals surface area contributed by atoms with Crippen LogP contribution in [-0.4, -0.2) is 64.0 Å². The Hall–Kier alpha value is -3.91. The van der Waals surface area contributed by atoms with Crippen LogP contribution in [0.2, 0.25) is 0 Å². The zero-order chi connectivity index (χ0) is 30.8. The third kappa shape index (κ3) is 5.68. The summed E-state index contributed by atoms with van der Waals surface area (Å²) >= 11 is 0. The first-order valence-corrected chi connectivity index (χ1v) is 15.7. The Morgan fingerprint density at radius 2 is 1.36 bits per heavy atom. The lowest BCUT2D eigenvalue weighted by atomic mass is 9.72. The lowest BCUT2D eigenvalue weighted by Crippen LogP contribution is -2.48. The summed E-state index contributed by atoms with van der Waals surface area (Å²) in [6, 6.07) is 18.0. The molecule has 3 aliphatic heterocycles. The molecular weight excluding hydrogens is 556 g/mol. The fourth-order valence-corrected chi connectivity index (χ4v) is 7.69. The van der Waals surface area contributed by atoms with Crippen molar-refractivity contribution >= 4 is 6.09 Å². The highest BCUT2D eigenvalue weighted by Gasteiger charge is 2.42. The maximum absolute atomic E-state index is 13.8. The maximum atomic E-state index is 13.8. The molecule has 234 valence electrons. The molecule has 0 aromatic heterocycles. The summed E-state index contributed by atoms with van der Waals surface area (Å²) in [4.78, 5) is 18.4. The van der Waals surface area contributed by atoms with Crippen molar-refractivity contribution in [1.82, 2.24) is 9.80 Å². The molecule has 44 heavy (non-hydrogen) atoms. The van der Waals surface area contributed by atoms with E-state index in [0.717, 1.165) is 62.3 Å². The van der Waals surface area contributed by atoms with Gasteiger partial charge >= 0.3 is 6.09 Å². The molecule has 3 aromatic carbocycles. The van der Waals surface area contributed by atoms with Crippen molar-refractivity contribution < 1.29 is 28.5 Å². The van der Waals surface area contributed by atoms with Crippen LogP contribution in [-0.2, 0) is 12.8 Å². The first-order valence-electron chi connectivity index (χ1n) is 15.7. The standard InChI is InChI=1S/C36H44N2O6/c1-6-23-22-37-14-12-24-18-32(40-2)34(42-4)20-28(24)30(37)16-26(23)17-31-29-21-35(43-5)33(41-3)19-25(29)13-15-38(31)36(39)44-27-10-8-7-9-11-27/h7-11,18-21,23,26,30-31H,6,12-17,22H2,1-5H3/t23?,26?,30?,31-/m0/s1. The molecule has 1 fully saturated rings. The van der Waals surface area contributed by atoms with E-state index >= 15 is 0 Å². The van der Waals surface area contributed by atoms with E-state index in [1.165, 1.54) is 16.7 Å². The summed E-state index contributed by atoms with van der Waals surface area (Å²) < 4.78 is 28.7. The molecule has 0 radical (unpaired) electrons. The van der Waals surface area contributed by atoms with E-state index in [1.54, 1.807) is 28.4 Å². The second kappa shape index (κ2) is 13.0. The van der Waals surface area contributed by atoms with Crippen LogP contribution in [0.25, 0.3) is 0 Å². The third-order valence-corrected chi connectivity index (χ3v) is 10.0. The lowest BCUT2D eigenvalue weighted by Gasteiger charge is -2.49. The van der Waals surface area contributed by atoms with Gasteiger partial charge in [0.15, 0.2) is 23.0 Å². The van der Waals surface area contributed by atoms with Crippen LogP contribution in [0, 0.1) is 11.8 Å². The quantitative estimate of drug-likeness (QED) is 0.280. The van der Waals surface area contributed by atoms with Gasteiger partial charge in [0.2, 0.25) is 0 Å². The van der Waals surface area contributed by atoms with Crippen molar-refractivity contribution in [2.75, 3.05) is 48.1 Å². The number of rotatable bonds is 8. The van der Waals surface area contributed by atoms with Gasteiger partial charge in [-0.25, -0.2) is 4.79 Å². The van der Waals surface area contributed by atoms with Crippen LogP contribution in [0.5, 0.6) is 28.7 Å². The number of hydrogen-bond donors (Lipinski definition) is 0. The minimum atomic E-state index is -0.313. The molecule has 4 atom stereocenters. The minimum Gasteiger partial charge on any atom is -0.493 e. The number of carbonyl (C=O) groups excluding carboxylic acids is 1. The topological polar surface area (TPSA) is 69.7 Å². The van der Waals surface area contributed by atoms with Crippen LogP contribution < -0.4 is 23.7 Å². The Morgan fingerprint density at radius 1 is 0.773 bits per heavy atom. The first-order chi connectivity index (χ1) is 21.5. The number of fused-ring (bicyclic) bond motifs is 4. The van der Waals surface area contributed by atoms with Gasteiger partial charge < -0.3 is 28.6 Å². The number of methoxy groups -OCH3 is 4. The van der Waals surface area contributed by atoms with Gasteiger partial charge in [-0.15, -0.1) is 0 Å². The largest absolute Gasteiger partial charge is 0.493 e. The monoisotopic (exact) mass is 600 g/mol. The van der Waals surface area contributed by atoms with Gasteiger partial charge in [0.25, 0.3) is 0 Å². The highest BCUT2D eigenvalue weighted by atomic mass is 16.6. The zero-order valence-electron chi connectivity index (χ0n) is 26.5. The number of hydrogen-bond acceptors (Lipinski definition) is 7. The predicted molar refractivity (Wildman–Crippen MR) is 169 cm³/mol. The van der Waals surface area contributed by atoms with E-state index in [1.807, 2.05) is 35.2 Å². The molecule has 0 N–H and O–H groups in total. The van der Waals surface area contributed by atoms with Crippen LogP contribution >= 0.6 is 0 Å². The fraction of sp³-hybridized carbons (Fsp3) is 0.472. The molecule has 8 heteroatoms. The average molecular weight is 601 g/mol. The molecular formula is C36H44N2O6. The summed E-state index contributed by atoms with van der Waals surface area (Å²) in [5.41, 5.74) is 4.99. The maximum Gasteiger partial charge on any atom is 0.415 e. The smallest absolute Gasteiger partial charge is 0.415 e. The Kier molecular flexibility index (Phi) is 8.89. The molecule has 1 saturated heterocycles. The van der Waals surface area contributed by atoms with Crippen molar-refractivity contribution in [1.29, 1.82) is 0 Å². The van der Waals surface area contributed by atoms with Crippen molar-refractivity contribution in [2.45, 2.75) is 51.1 Å². The second-order valence-electron chi connectivity index (χ2n) is 12.1. The van der Waals surface area contributed by atoms with Crippen LogP contribution in [0.3, 0.4) is 0 Å². The number of amides is 1. The van der Waals surface area contributed by atoms with Crippen molar-refractivity contribution in [3.05, 3.63) is 76.9 Å².